The topological polar surface area (TPSA) is 111 Å². The first-order valence-electron chi connectivity index (χ1n) is 12.0. The Balaban J connectivity index is 1.41. The predicted octanol–water partition coefficient (Wildman–Crippen LogP) is 3.30. The zero-order valence-electron chi connectivity index (χ0n) is 20.5. The van der Waals surface area contributed by atoms with Crippen LogP contribution in [0.25, 0.3) is 10.8 Å². The number of carboxylic acids is 1. The van der Waals surface area contributed by atoms with E-state index in [1.165, 1.54) is 0 Å². The number of hydrogen-bond donors (Lipinski definition) is 1. The fraction of sp³-hybridized carbons (Fsp3) is 0.286. The first-order chi connectivity index (χ1) is 17.9. The number of piperazine rings is 1. The highest BCUT2D eigenvalue weighted by Crippen LogP contribution is 2.22. The molecule has 8 nitrogen and oxygen atoms in total. The Bertz CT molecular complexity index is 1400. The van der Waals surface area contributed by atoms with Gasteiger partial charge in [-0.05, 0) is 59.7 Å². The molecule has 0 saturated carbocycles. The van der Waals surface area contributed by atoms with Crippen LogP contribution in [-0.4, -0.2) is 61.5 Å². The van der Waals surface area contributed by atoms with Crippen molar-refractivity contribution in [1.29, 1.82) is 5.26 Å². The van der Waals surface area contributed by atoms with Crippen molar-refractivity contribution in [2.45, 2.75) is 25.8 Å². The van der Waals surface area contributed by atoms with E-state index < -0.39 is 23.3 Å². The zero-order valence-corrected chi connectivity index (χ0v) is 21.3. The average Bonchev–Trinajstić information content (AvgIpc) is 2.88. The van der Waals surface area contributed by atoms with Gasteiger partial charge in [0.2, 0.25) is 0 Å². The molecule has 37 heavy (non-hydrogen) atoms. The van der Waals surface area contributed by atoms with E-state index in [1.807, 2.05) is 60.7 Å². The molecule has 4 rings (SSSR count). The van der Waals surface area contributed by atoms with E-state index in [4.69, 9.17) is 10.4 Å². The first-order valence-corrected chi connectivity index (χ1v) is 13.0. The van der Waals surface area contributed by atoms with Crippen LogP contribution in [0.3, 0.4) is 0 Å². The number of hydrazine groups is 1. The van der Waals surface area contributed by atoms with Gasteiger partial charge in [-0.3, -0.25) is 9.00 Å². The van der Waals surface area contributed by atoms with Crippen LogP contribution in [0.1, 0.15) is 30.0 Å². The van der Waals surface area contributed by atoms with Crippen LogP contribution in [0, 0.1) is 23.2 Å². The maximum absolute atomic E-state index is 11.7. The molecule has 0 radical (unpaired) electrons. The Kier molecular flexibility index (Phi) is 8.54. The minimum atomic E-state index is -2.54. The fourth-order valence-electron chi connectivity index (χ4n) is 4.56. The highest BCUT2D eigenvalue weighted by Gasteiger charge is 2.27. The third-order valence-corrected chi connectivity index (χ3v) is 7.26. The van der Waals surface area contributed by atoms with Gasteiger partial charge >= 0.3 is 5.97 Å². The number of carbonyl (C=O) groups is 1. The van der Waals surface area contributed by atoms with E-state index in [9.17, 15) is 13.6 Å². The molecule has 0 bridgehead atoms. The standard InChI is InChI=1S/C28H28N4O4S/c1-21(19-28(33)34)32(37(35)36)31-17-15-30(16-18-31)26-11-8-22(9-12-26)5-6-23-7-10-24-3-2-4-25(13-14-29)27(24)20-23/h2-4,7-12,20-21H,13,15-19H2,1H3,(H,33,34)(H,35,36)/p-1. The SMILES string of the molecule is CC(CC(=O)O)N(N1CCN(c2ccc(C#Cc3ccc4cccc(CC#N)c4c3)cc2)CC1)S(=O)[O-]. The summed E-state index contributed by atoms with van der Waals surface area (Å²) in [4.78, 5) is 13.2. The number of benzene rings is 3. The third kappa shape index (κ3) is 6.53. The number of carboxylic acid groups (broad SMARTS) is 1. The molecule has 1 aliphatic heterocycles. The number of rotatable bonds is 7. The van der Waals surface area contributed by atoms with Crippen molar-refractivity contribution >= 4 is 33.7 Å². The highest BCUT2D eigenvalue weighted by molar-refractivity contribution is 7.76. The summed E-state index contributed by atoms with van der Waals surface area (Å²) >= 11 is -2.54. The van der Waals surface area contributed by atoms with E-state index in [1.54, 1.807) is 11.9 Å². The van der Waals surface area contributed by atoms with Gasteiger partial charge in [0, 0.05) is 60.3 Å². The van der Waals surface area contributed by atoms with Crippen LogP contribution in [0.5, 0.6) is 0 Å². The monoisotopic (exact) mass is 515 g/mol. The van der Waals surface area contributed by atoms with Gasteiger partial charge < -0.3 is 14.6 Å². The number of nitrogens with zero attached hydrogens (tertiary/aromatic N) is 4. The Morgan fingerprint density at radius 1 is 1.08 bits per heavy atom. The van der Waals surface area contributed by atoms with Gasteiger partial charge in [0.05, 0.1) is 18.9 Å². The van der Waals surface area contributed by atoms with Gasteiger partial charge in [-0.2, -0.15) is 9.68 Å². The van der Waals surface area contributed by atoms with Crippen LogP contribution in [0.4, 0.5) is 5.69 Å². The number of nitriles is 1. The average molecular weight is 516 g/mol. The maximum atomic E-state index is 11.7. The lowest BCUT2D eigenvalue weighted by atomic mass is 10.0. The molecule has 2 atom stereocenters. The fourth-order valence-corrected chi connectivity index (χ4v) is 5.28. The van der Waals surface area contributed by atoms with Crippen molar-refractivity contribution in [2.24, 2.45) is 0 Å². The number of aliphatic carboxylic acids is 1. The predicted molar refractivity (Wildman–Crippen MR) is 142 cm³/mol. The van der Waals surface area contributed by atoms with Crippen LogP contribution in [-0.2, 0) is 22.5 Å². The van der Waals surface area contributed by atoms with E-state index in [0.29, 0.717) is 32.6 Å². The Hall–Kier alpha value is -3.73. The lowest BCUT2D eigenvalue weighted by Crippen LogP contribution is -2.57. The summed E-state index contributed by atoms with van der Waals surface area (Å²) in [5.41, 5.74) is 3.78. The molecule has 3 aromatic carbocycles. The third-order valence-electron chi connectivity index (χ3n) is 6.36. The summed E-state index contributed by atoms with van der Waals surface area (Å²) in [6.45, 7) is 3.75. The lowest BCUT2D eigenvalue weighted by Gasteiger charge is -2.44. The molecule has 9 heteroatoms. The number of fused-ring (bicyclic) bond motifs is 1. The van der Waals surface area contributed by atoms with Gasteiger partial charge in [-0.25, -0.2) is 5.01 Å². The molecule has 2 unspecified atom stereocenters. The molecule has 1 fully saturated rings. The first kappa shape index (κ1) is 26.3. The van der Waals surface area contributed by atoms with Crippen molar-refractivity contribution in [3.63, 3.8) is 0 Å². The molecule has 0 amide bonds. The maximum Gasteiger partial charge on any atom is 0.305 e. The second kappa shape index (κ2) is 12.0. The van der Waals surface area contributed by atoms with Crippen LogP contribution >= 0.6 is 0 Å². The molecule has 190 valence electrons. The second-order valence-corrected chi connectivity index (χ2v) is 9.70. The largest absolute Gasteiger partial charge is 0.759 e. The van der Waals surface area contributed by atoms with E-state index in [-0.39, 0.29) is 6.42 Å². The quantitative estimate of drug-likeness (QED) is 0.380. The van der Waals surface area contributed by atoms with Crippen molar-refractivity contribution in [2.75, 3.05) is 31.1 Å². The summed E-state index contributed by atoms with van der Waals surface area (Å²) in [5, 5.41) is 21.9. The van der Waals surface area contributed by atoms with Crippen LogP contribution in [0.2, 0.25) is 0 Å². The highest BCUT2D eigenvalue weighted by atomic mass is 32.2. The lowest BCUT2D eigenvalue weighted by molar-refractivity contribution is -0.139. The van der Waals surface area contributed by atoms with Crippen molar-refractivity contribution in [1.82, 2.24) is 9.42 Å². The Labute approximate surface area is 219 Å². The van der Waals surface area contributed by atoms with Gasteiger partial charge in [-0.15, -0.1) is 0 Å². The summed E-state index contributed by atoms with van der Waals surface area (Å²) in [7, 11) is 0. The molecule has 0 spiro atoms. The summed E-state index contributed by atoms with van der Waals surface area (Å²) in [5.74, 6) is 5.39. The van der Waals surface area contributed by atoms with Gasteiger partial charge in [0.1, 0.15) is 0 Å². The Morgan fingerprint density at radius 3 is 2.41 bits per heavy atom. The molecular formula is C28H27N4O4S-. The number of hydrogen-bond acceptors (Lipinski definition) is 6. The van der Waals surface area contributed by atoms with Crippen LogP contribution < -0.4 is 4.90 Å². The van der Waals surface area contributed by atoms with E-state index in [0.717, 1.165) is 37.6 Å². The van der Waals surface area contributed by atoms with Crippen LogP contribution in [0.15, 0.2) is 60.7 Å². The molecular weight excluding hydrogens is 488 g/mol. The van der Waals surface area contributed by atoms with Gasteiger partial charge in [0.25, 0.3) is 0 Å². The molecule has 1 heterocycles. The molecule has 1 N–H and O–H groups in total. The van der Waals surface area contributed by atoms with Crippen molar-refractivity contribution in [3.8, 4) is 17.9 Å². The normalized spacial score (nSPS) is 15.6. The number of anilines is 1. The molecule has 0 aromatic heterocycles. The molecule has 0 aliphatic carbocycles. The van der Waals surface area contributed by atoms with Crippen molar-refractivity contribution in [3.05, 3.63) is 77.4 Å². The summed E-state index contributed by atoms with van der Waals surface area (Å²) in [6.07, 6.45) is 0.106. The van der Waals surface area contributed by atoms with Gasteiger partial charge in [-0.1, -0.05) is 36.1 Å². The second-order valence-electron chi connectivity index (χ2n) is 8.89. The minimum absolute atomic E-state index is 0.253. The minimum Gasteiger partial charge on any atom is -0.759 e. The summed E-state index contributed by atoms with van der Waals surface area (Å²) < 4.78 is 24.6. The Morgan fingerprint density at radius 2 is 1.76 bits per heavy atom. The smallest absolute Gasteiger partial charge is 0.305 e. The molecule has 3 aromatic rings. The summed E-state index contributed by atoms with van der Waals surface area (Å²) in [6, 6.07) is 21.5. The van der Waals surface area contributed by atoms with E-state index in [2.05, 4.69) is 22.8 Å². The molecule has 1 aliphatic rings. The van der Waals surface area contributed by atoms with Gasteiger partial charge in [0.15, 0.2) is 0 Å². The van der Waals surface area contributed by atoms with Crippen molar-refractivity contribution < 1.29 is 18.7 Å². The van der Waals surface area contributed by atoms with E-state index >= 15 is 0 Å². The molecule has 1 saturated heterocycles. The zero-order chi connectivity index (χ0) is 26.4.